The Morgan fingerprint density at radius 2 is 1.86 bits per heavy atom. The lowest BCUT2D eigenvalue weighted by Gasteiger charge is -2.12. The molecule has 0 amide bonds. The Kier molecular flexibility index (Phi) is 6.44. The SMILES string of the molecule is CCCCCCCCC(C[N+](=O)[O-])c1c[nH]c2ccccc12. The summed E-state index contributed by atoms with van der Waals surface area (Å²) in [4.78, 5) is 14.1. The number of aromatic amines is 1. The molecule has 4 heteroatoms. The van der Waals surface area contributed by atoms with Crippen molar-refractivity contribution in [2.24, 2.45) is 0 Å². The summed E-state index contributed by atoms with van der Waals surface area (Å²) in [5.41, 5.74) is 2.16. The number of hydrogen-bond donors (Lipinski definition) is 1. The van der Waals surface area contributed by atoms with Gasteiger partial charge in [0.2, 0.25) is 6.54 Å². The number of benzene rings is 1. The highest BCUT2D eigenvalue weighted by atomic mass is 16.6. The third-order valence-electron chi connectivity index (χ3n) is 4.34. The van der Waals surface area contributed by atoms with E-state index in [0.717, 1.165) is 29.3 Å². The molecule has 0 radical (unpaired) electrons. The van der Waals surface area contributed by atoms with Gasteiger partial charge in [0.25, 0.3) is 0 Å². The van der Waals surface area contributed by atoms with Crippen LogP contribution in [0.15, 0.2) is 30.5 Å². The lowest BCUT2D eigenvalue weighted by atomic mass is 9.92. The Labute approximate surface area is 132 Å². The molecule has 0 aliphatic carbocycles. The summed E-state index contributed by atoms with van der Waals surface area (Å²) in [6.45, 7) is 2.24. The molecular formula is C18H26N2O2. The van der Waals surface area contributed by atoms with Gasteiger partial charge in [0.05, 0.1) is 5.92 Å². The number of nitro groups is 1. The van der Waals surface area contributed by atoms with Crippen molar-refractivity contribution in [1.82, 2.24) is 4.98 Å². The molecule has 0 aliphatic heterocycles. The van der Waals surface area contributed by atoms with E-state index < -0.39 is 0 Å². The lowest BCUT2D eigenvalue weighted by Crippen LogP contribution is -2.12. The van der Waals surface area contributed by atoms with Crippen molar-refractivity contribution in [3.05, 3.63) is 46.1 Å². The zero-order valence-corrected chi connectivity index (χ0v) is 13.4. The maximum Gasteiger partial charge on any atom is 0.210 e. The van der Waals surface area contributed by atoms with Crippen LogP contribution in [-0.2, 0) is 0 Å². The van der Waals surface area contributed by atoms with Crippen molar-refractivity contribution >= 4 is 10.9 Å². The summed E-state index contributed by atoms with van der Waals surface area (Å²) in [6, 6.07) is 8.05. The smallest absolute Gasteiger partial charge is 0.210 e. The summed E-state index contributed by atoms with van der Waals surface area (Å²) in [5, 5.41) is 12.1. The first-order chi connectivity index (χ1) is 10.7. The summed E-state index contributed by atoms with van der Waals surface area (Å²) in [6.07, 6.45) is 10.2. The van der Waals surface area contributed by atoms with Gasteiger partial charge in [-0.1, -0.05) is 63.6 Å². The van der Waals surface area contributed by atoms with Crippen LogP contribution in [0.2, 0.25) is 0 Å². The molecule has 4 nitrogen and oxygen atoms in total. The van der Waals surface area contributed by atoms with Crippen molar-refractivity contribution in [3.8, 4) is 0 Å². The first-order valence-electron chi connectivity index (χ1n) is 8.40. The number of nitrogens with one attached hydrogen (secondary N) is 1. The summed E-state index contributed by atoms with van der Waals surface area (Å²) in [5.74, 6) is 0.0114. The summed E-state index contributed by atoms with van der Waals surface area (Å²) in [7, 11) is 0. The van der Waals surface area contributed by atoms with Crippen LogP contribution in [0.4, 0.5) is 0 Å². The maximum atomic E-state index is 11.0. The molecule has 0 saturated carbocycles. The van der Waals surface area contributed by atoms with E-state index in [4.69, 9.17) is 0 Å². The molecule has 0 fully saturated rings. The van der Waals surface area contributed by atoms with Crippen LogP contribution < -0.4 is 0 Å². The van der Waals surface area contributed by atoms with E-state index in [-0.39, 0.29) is 17.4 Å². The highest BCUT2D eigenvalue weighted by molar-refractivity contribution is 5.83. The van der Waals surface area contributed by atoms with Gasteiger partial charge >= 0.3 is 0 Å². The zero-order valence-electron chi connectivity index (χ0n) is 13.4. The molecule has 0 saturated heterocycles. The molecule has 0 spiro atoms. The van der Waals surface area contributed by atoms with Gasteiger partial charge in [-0.3, -0.25) is 10.1 Å². The average molecular weight is 302 g/mol. The molecule has 0 bridgehead atoms. The monoisotopic (exact) mass is 302 g/mol. The predicted octanol–water partition coefficient (Wildman–Crippen LogP) is 5.28. The zero-order chi connectivity index (χ0) is 15.8. The number of nitrogens with zero attached hydrogens (tertiary/aromatic N) is 1. The van der Waals surface area contributed by atoms with Gasteiger partial charge in [-0.2, -0.15) is 0 Å². The van der Waals surface area contributed by atoms with E-state index in [1.54, 1.807) is 0 Å². The van der Waals surface area contributed by atoms with Crippen molar-refractivity contribution in [3.63, 3.8) is 0 Å². The van der Waals surface area contributed by atoms with Gasteiger partial charge in [-0.25, -0.2) is 0 Å². The van der Waals surface area contributed by atoms with E-state index in [2.05, 4.69) is 18.0 Å². The Bertz CT molecular complexity index is 592. The molecule has 1 aromatic heterocycles. The van der Waals surface area contributed by atoms with Gasteiger partial charge in [-0.15, -0.1) is 0 Å². The van der Waals surface area contributed by atoms with Crippen LogP contribution >= 0.6 is 0 Å². The van der Waals surface area contributed by atoms with E-state index in [1.807, 2.05) is 24.4 Å². The summed E-state index contributed by atoms with van der Waals surface area (Å²) < 4.78 is 0. The Morgan fingerprint density at radius 1 is 1.14 bits per heavy atom. The quantitative estimate of drug-likeness (QED) is 0.369. The van der Waals surface area contributed by atoms with Gasteiger partial charge < -0.3 is 4.98 Å². The highest BCUT2D eigenvalue weighted by Gasteiger charge is 2.20. The third kappa shape index (κ3) is 4.58. The number of fused-ring (bicyclic) bond motifs is 1. The first kappa shape index (κ1) is 16.5. The number of rotatable bonds is 10. The Hall–Kier alpha value is -1.84. The molecule has 120 valence electrons. The molecule has 1 atom stereocenters. The van der Waals surface area contributed by atoms with Crippen LogP contribution in [-0.4, -0.2) is 16.5 Å². The number of hydrogen-bond acceptors (Lipinski definition) is 2. The first-order valence-corrected chi connectivity index (χ1v) is 8.40. The second-order valence-corrected chi connectivity index (χ2v) is 6.06. The minimum Gasteiger partial charge on any atom is -0.361 e. The van der Waals surface area contributed by atoms with Crippen LogP contribution in [0, 0.1) is 10.1 Å². The molecule has 1 N–H and O–H groups in total. The molecule has 1 aromatic carbocycles. The number of aromatic nitrogens is 1. The van der Waals surface area contributed by atoms with Gasteiger partial charge in [0, 0.05) is 22.0 Å². The molecule has 2 rings (SSSR count). The molecule has 2 aromatic rings. The standard InChI is InChI=1S/C18H26N2O2/c1-2-3-4-5-6-7-10-15(14-20(21)22)17-13-19-18-12-9-8-11-16(17)18/h8-9,11-13,15,19H,2-7,10,14H2,1H3. The van der Waals surface area contributed by atoms with Crippen LogP contribution in [0.1, 0.15) is 63.4 Å². The average Bonchev–Trinajstić information content (AvgIpc) is 2.93. The highest BCUT2D eigenvalue weighted by Crippen LogP contribution is 2.29. The van der Waals surface area contributed by atoms with Crippen LogP contribution in [0.25, 0.3) is 10.9 Å². The third-order valence-corrected chi connectivity index (χ3v) is 4.34. The molecule has 1 unspecified atom stereocenters. The fourth-order valence-corrected chi connectivity index (χ4v) is 3.13. The fraction of sp³-hybridized carbons (Fsp3) is 0.556. The van der Waals surface area contributed by atoms with E-state index in [9.17, 15) is 10.1 Å². The number of H-pyrrole nitrogens is 1. The molecule has 0 aliphatic rings. The van der Waals surface area contributed by atoms with Crippen LogP contribution in [0.5, 0.6) is 0 Å². The van der Waals surface area contributed by atoms with Crippen molar-refractivity contribution in [2.75, 3.05) is 6.54 Å². The van der Waals surface area contributed by atoms with Crippen molar-refractivity contribution < 1.29 is 4.92 Å². The predicted molar refractivity (Wildman–Crippen MR) is 90.9 cm³/mol. The van der Waals surface area contributed by atoms with Gasteiger partial charge in [0.1, 0.15) is 0 Å². The number of unbranched alkanes of at least 4 members (excludes halogenated alkanes) is 5. The Morgan fingerprint density at radius 3 is 2.64 bits per heavy atom. The van der Waals surface area contributed by atoms with E-state index in [0.29, 0.717) is 0 Å². The lowest BCUT2D eigenvalue weighted by molar-refractivity contribution is -0.483. The van der Waals surface area contributed by atoms with Crippen LogP contribution in [0.3, 0.4) is 0 Å². The summed E-state index contributed by atoms with van der Waals surface area (Å²) >= 11 is 0. The van der Waals surface area contributed by atoms with Crippen molar-refractivity contribution in [1.29, 1.82) is 0 Å². The fourth-order valence-electron chi connectivity index (χ4n) is 3.13. The molecule has 1 heterocycles. The van der Waals surface area contributed by atoms with E-state index in [1.165, 1.54) is 32.1 Å². The normalized spacial score (nSPS) is 12.6. The topological polar surface area (TPSA) is 58.9 Å². The second kappa shape index (κ2) is 8.57. The van der Waals surface area contributed by atoms with E-state index >= 15 is 0 Å². The second-order valence-electron chi connectivity index (χ2n) is 6.06. The Balaban J connectivity index is 1.98. The van der Waals surface area contributed by atoms with Crippen molar-refractivity contribution in [2.45, 2.75) is 57.8 Å². The molecule has 22 heavy (non-hydrogen) atoms. The van der Waals surface area contributed by atoms with Gasteiger partial charge in [-0.05, 0) is 18.1 Å². The minimum atomic E-state index is -0.177. The maximum absolute atomic E-state index is 11.0. The minimum absolute atomic E-state index is 0.0114. The largest absolute Gasteiger partial charge is 0.361 e. The number of para-hydroxylation sites is 1. The van der Waals surface area contributed by atoms with Gasteiger partial charge in [0.15, 0.2) is 0 Å². The molecular weight excluding hydrogens is 276 g/mol.